The highest BCUT2D eigenvalue weighted by atomic mass is 14.9. The molecule has 1 nitrogen and oxygen atoms in total. The maximum atomic E-state index is 4.18. The Balaban J connectivity index is 2.22. The average Bonchev–Trinajstić information content (AvgIpc) is 2.99. The molecule has 0 unspecified atom stereocenters. The van der Waals surface area contributed by atoms with E-state index in [0.29, 0.717) is 0 Å². The molecule has 24 heavy (non-hydrogen) atoms. The number of allylic oxidation sites excluding steroid dienone is 1. The van der Waals surface area contributed by atoms with Crippen molar-refractivity contribution in [2.24, 2.45) is 0 Å². The lowest BCUT2D eigenvalue weighted by molar-refractivity contribution is 0.716. The highest BCUT2D eigenvalue weighted by molar-refractivity contribution is 5.64. The third-order valence-electron chi connectivity index (χ3n) is 4.34. The van der Waals surface area contributed by atoms with Crippen LogP contribution in [-0.4, -0.2) is 4.57 Å². The highest BCUT2D eigenvalue weighted by Gasteiger charge is 2.07. The molecule has 0 radical (unpaired) electrons. The van der Waals surface area contributed by atoms with Crippen LogP contribution in [0.2, 0.25) is 0 Å². The number of nitrogens with zero attached hydrogens (tertiary/aromatic N) is 1. The largest absolute Gasteiger partial charge is 0.322 e. The minimum absolute atomic E-state index is 1.06. The number of unbranched alkanes of at least 4 members (excludes halogenated alkanes) is 2. The molecule has 126 valence electrons. The molecule has 0 N–H and O–H groups in total. The summed E-state index contributed by atoms with van der Waals surface area (Å²) in [7, 11) is 0. The van der Waals surface area contributed by atoms with Gasteiger partial charge in [0.15, 0.2) is 0 Å². The molecule has 0 saturated carbocycles. The predicted molar refractivity (Wildman–Crippen MR) is 105 cm³/mol. The van der Waals surface area contributed by atoms with E-state index >= 15 is 0 Å². The van der Waals surface area contributed by atoms with Crippen molar-refractivity contribution in [3.63, 3.8) is 0 Å². The third kappa shape index (κ3) is 4.65. The van der Waals surface area contributed by atoms with Gasteiger partial charge in [0.2, 0.25) is 0 Å². The van der Waals surface area contributed by atoms with E-state index in [1.807, 2.05) is 6.92 Å². The maximum Gasteiger partial charge on any atom is 0.0458 e. The molecule has 0 atom stereocenters. The van der Waals surface area contributed by atoms with Crippen LogP contribution in [0, 0.1) is 11.8 Å². The van der Waals surface area contributed by atoms with Gasteiger partial charge in [-0.15, -0.1) is 5.92 Å². The van der Waals surface area contributed by atoms with E-state index in [1.54, 1.807) is 0 Å². The van der Waals surface area contributed by atoms with Gasteiger partial charge in [-0.1, -0.05) is 57.7 Å². The SMILES string of the molecule is C=C(CCC)c1ccc(-n2cc(C#CC)c(CCCCC)c2)cc1. The van der Waals surface area contributed by atoms with E-state index in [9.17, 15) is 0 Å². The van der Waals surface area contributed by atoms with Crippen LogP contribution in [0.3, 0.4) is 0 Å². The normalized spacial score (nSPS) is 10.3. The van der Waals surface area contributed by atoms with Gasteiger partial charge in [-0.2, -0.15) is 0 Å². The van der Waals surface area contributed by atoms with Crippen molar-refractivity contribution in [3.05, 3.63) is 59.9 Å². The first-order chi connectivity index (χ1) is 11.7. The molecule has 0 amide bonds. The number of benzene rings is 1. The number of aromatic nitrogens is 1. The Morgan fingerprint density at radius 3 is 2.42 bits per heavy atom. The number of aryl methyl sites for hydroxylation is 1. The molecule has 1 aromatic carbocycles. The van der Waals surface area contributed by atoms with Gasteiger partial charge in [0, 0.05) is 23.6 Å². The van der Waals surface area contributed by atoms with Crippen LogP contribution in [0.15, 0.2) is 43.2 Å². The Kier molecular flexibility index (Phi) is 6.94. The van der Waals surface area contributed by atoms with Crippen molar-refractivity contribution in [3.8, 4) is 17.5 Å². The lowest BCUT2D eigenvalue weighted by atomic mass is 10.0. The van der Waals surface area contributed by atoms with Crippen LogP contribution in [0.5, 0.6) is 0 Å². The molecule has 1 aromatic heterocycles. The van der Waals surface area contributed by atoms with Crippen LogP contribution in [-0.2, 0) is 6.42 Å². The van der Waals surface area contributed by atoms with Gasteiger partial charge in [-0.05, 0) is 55.0 Å². The Morgan fingerprint density at radius 1 is 1.04 bits per heavy atom. The standard InChI is InChI=1S/C23H29N/c1-5-8-9-12-22-18-24(17-21(22)11-7-3)23-15-13-20(14-16-23)19(4)10-6-2/h13-18H,4-6,8-10,12H2,1-3H3. The first-order valence-electron chi connectivity index (χ1n) is 9.11. The Labute approximate surface area is 147 Å². The van der Waals surface area contributed by atoms with E-state index in [1.165, 1.54) is 41.6 Å². The summed E-state index contributed by atoms with van der Waals surface area (Å²) in [6.45, 7) is 10.5. The van der Waals surface area contributed by atoms with E-state index < -0.39 is 0 Å². The van der Waals surface area contributed by atoms with Crippen molar-refractivity contribution in [2.75, 3.05) is 0 Å². The topological polar surface area (TPSA) is 4.93 Å². The van der Waals surface area contributed by atoms with Gasteiger partial charge in [-0.25, -0.2) is 0 Å². The molecular weight excluding hydrogens is 290 g/mol. The van der Waals surface area contributed by atoms with Crippen LogP contribution in [0.1, 0.15) is 69.6 Å². The quantitative estimate of drug-likeness (QED) is 0.392. The molecule has 2 rings (SSSR count). The zero-order valence-electron chi connectivity index (χ0n) is 15.4. The van der Waals surface area contributed by atoms with Crippen LogP contribution < -0.4 is 0 Å². The summed E-state index contributed by atoms with van der Waals surface area (Å²) in [5.74, 6) is 6.30. The summed E-state index contributed by atoms with van der Waals surface area (Å²) < 4.78 is 2.20. The van der Waals surface area contributed by atoms with Crippen LogP contribution in [0.25, 0.3) is 11.3 Å². The second-order valence-electron chi connectivity index (χ2n) is 6.34. The number of hydrogen-bond donors (Lipinski definition) is 0. The fourth-order valence-corrected chi connectivity index (χ4v) is 2.97. The molecule has 1 heteroatoms. The van der Waals surface area contributed by atoms with Crippen molar-refractivity contribution in [1.82, 2.24) is 4.57 Å². The first-order valence-corrected chi connectivity index (χ1v) is 9.11. The monoisotopic (exact) mass is 319 g/mol. The van der Waals surface area contributed by atoms with E-state index in [-0.39, 0.29) is 0 Å². The van der Waals surface area contributed by atoms with E-state index in [4.69, 9.17) is 0 Å². The Morgan fingerprint density at radius 2 is 1.79 bits per heavy atom. The van der Waals surface area contributed by atoms with E-state index in [2.05, 4.69) is 73.5 Å². The molecular formula is C23H29N. The second-order valence-corrected chi connectivity index (χ2v) is 6.34. The molecule has 0 fully saturated rings. The fourth-order valence-electron chi connectivity index (χ4n) is 2.97. The molecule has 0 saturated heterocycles. The molecule has 0 aliphatic rings. The van der Waals surface area contributed by atoms with Crippen molar-refractivity contribution in [1.29, 1.82) is 0 Å². The molecule has 2 aromatic rings. The van der Waals surface area contributed by atoms with Crippen LogP contribution >= 0.6 is 0 Å². The van der Waals surface area contributed by atoms with Crippen molar-refractivity contribution < 1.29 is 0 Å². The maximum absolute atomic E-state index is 4.18. The first kappa shape index (κ1) is 18.1. The summed E-state index contributed by atoms with van der Waals surface area (Å²) in [6.07, 6.45) is 11.5. The lowest BCUT2D eigenvalue weighted by Gasteiger charge is -2.07. The minimum atomic E-state index is 1.06. The van der Waals surface area contributed by atoms with Crippen molar-refractivity contribution in [2.45, 2.75) is 59.3 Å². The molecule has 0 aliphatic heterocycles. The molecule has 1 heterocycles. The van der Waals surface area contributed by atoms with Gasteiger partial charge < -0.3 is 4.57 Å². The molecule has 0 aliphatic carbocycles. The van der Waals surface area contributed by atoms with Gasteiger partial charge in [0.25, 0.3) is 0 Å². The van der Waals surface area contributed by atoms with Gasteiger partial charge in [0.05, 0.1) is 0 Å². The highest BCUT2D eigenvalue weighted by Crippen LogP contribution is 2.22. The smallest absolute Gasteiger partial charge is 0.0458 e. The van der Waals surface area contributed by atoms with Crippen LogP contribution in [0.4, 0.5) is 0 Å². The van der Waals surface area contributed by atoms with E-state index in [0.717, 1.165) is 24.8 Å². The summed E-state index contributed by atoms with van der Waals surface area (Å²) in [6, 6.07) is 8.70. The average molecular weight is 319 g/mol. The predicted octanol–water partition coefficient (Wildman–Crippen LogP) is 6.39. The number of hydrogen-bond acceptors (Lipinski definition) is 0. The van der Waals surface area contributed by atoms with Gasteiger partial charge in [-0.3, -0.25) is 0 Å². The summed E-state index contributed by atoms with van der Waals surface area (Å²) in [4.78, 5) is 0. The number of rotatable bonds is 8. The van der Waals surface area contributed by atoms with Gasteiger partial charge >= 0.3 is 0 Å². The lowest BCUT2D eigenvalue weighted by Crippen LogP contribution is -1.91. The minimum Gasteiger partial charge on any atom is -0.322 e. The summed E-state index contributed by atoms with van der Waals surface area (Å²) in [5.41, 5.74) is 6.16. The zero-order valence-corrected chi connectivity index (χ0v) is 15.4. The second kappa shape index (κ2) is 9.18. The Hall–Kier alpha value is -2.20. The van der Waals surface area contributed by atoms with Gasteiger partial charge in [0.1, 0.15) is 0 Å². The third-order valence-corrected chi connectivity index (χ3v) is 4.34. The fraction of sp³-hybridized carbons (Fsp3) is 0.391. The zero-order chi connectivity index (χ0) is 17.4. The molecule has 0 bridgehead atoms. The molecule has 0 spiro atoms. The van der Waals surface area contributed by atoms with Crippen molar-refractivity contribution >= 4 is 5.57 Å². The Bertz CT molecular complexity index is 720. The summed E-state index contributed by atoms with van der Waals surface area (Å²) >= 11 is 0. The summed E-state index contributed by atoms with van der Waals surface area (Å²) in [5, 5.41) is 0.